The van der Waals surface area contributed by atoms with Crippen molar-refractivity contribution in [2.24, 2.45) is 0 Å². The average Bonchev–Trinajstić information content (AvgIpc) is 2.52. The van der Waals surface area contributed by atoms with Gasteiger partial charge in [0.05, 0.1) is 4.47 Å². The summed E-state index contributed by atoms with van der Waals surface area (Å²) in [5.74, 6) is 0.907. The Balaban J connectivity index is 2.34. The van der Waals surface area contributed by atoms with Gasteiger partial charge in [-0.15, -0.1) is 0 Å². The van der Waals surface area contributed by atoms with Crippen LogP contribution < -0.4 is 4.90 Å². The Hall–Kier alpha value is -0.900. The van der Waals surface area contributed by atoms with Crippen molar-refractivity contribution in [1.29, 1.82) is 0 Å². The Morgan fingerprint density at radius 3 is 3.00 bits per heavy atom. The summed E-state index contributed by atoms with van der Waals surface area (Å²) in [6.45, 7) is 0.786. The smallest absolute Gasteiger partial charge is 0.228 e. The van der Waals surface area contributed by atoms with Gasteiger partial charge in [-0.1, -0.05) is 0 Å². The second-order valence-corrected chi connectivity index (χ2v) is 3.81. The standard InChI is InChI=1S/C9H9BrN2O/c10-7-3-1-5-11-9(7)12-6-2-4-8(12)13/h1,3,5H,2,4,6H2. The Morgan fingerprint density at radius 1 is 1.54 bits per heavy atom. The lowest BCUT2D eigenvalue weighted by atomic mass is 10.4. The van der Waals surface area contributed by atoms with Gasteiger partial charge in [-0.2, -0.15) is 0 Å². The van der Waals surface area contributed by atoms with Gasteiger partial charge in [-0.05, 0) is 34.5 Å². The fourth-order valence-corrected chi connectivity index (χ4v) is 1.92. The van der Waals surface area contributed by atoms with E-state index in [1.54, 1.807) is 11.1 Å². The highest BCUT2D eigenvalue weighted by Gasteiger charge is 2.23. The Labute approximate surface area is 84.9 Å². The molecule has 0 aromatic carbocycles. The van der Waals surface area contributed by atoms with Crippen LogP contribution in [-0.4, -0.2) is 17.4 Å². The molecule has 2 heterocycles. The summed E-state index contributed by atoms with van der Waals surface area (Å²) in [5, 5.41) is 0. The van der Waals surface area contributed by atoms with E-state index in [-0.39, 0.29) is 5.91 Å². The number of pyridine rings is 1. The molecular weight excluding hydrogens is 232 g/mol. The van der Waals surface area contributed by atoms with E-state index in [0.29, 0.717) is 6.42 Å². The van der Waals surface area contributed by atoms with Crippen LogP contribution in [0.3, 0.4) is 0 Å². The largest absolute Gasteiger partial charge is 0.296 e. The Kier molecular flexibility index (Phi) is 2.31. The minimum Gasteiger partial charge on any atom is -0.296 e. The molecule has 0 N–H and O–H groups in total. The van der Waals surface area contributed by atoms with Crippen LogP contribution in [-0.2, 0) is 4.79 Å². The zero-order valence-electron chi connectivity index (χ0n) is 7.03. The van der Waals surface area contributed by atoms with E-state index in [2.05, 4.69) is 20.9 Å². The molecule has 0 radical (unpaired) electrons. The molecule has 0 atom stereocenters. The highest BCUT2D eigenvalue weighted by atomic mass is 79.9. The molecule has 1 aliphatic rings. The molecule has 4 heteroatoms. The molecule has 1 aromatic heterocycles. The molecule has 1 amide bonds. The van der Waals surface area contributed by atoms with Crippen molar-refractivity contribution < 1.29 is 4.79 Å². The Bertz CT molecular complexity index is 340. The number of hydrogen-bond acceptors (Lipinski definition) is 2. The molecule has 3 nitrogen and oxygen atoms in total. The fourth-order valence-electron chi connectivity index (χ4n) is 1.45. The summed E-state index contributed by atoms with van der Waals surface area (Å²) in [7, 11) is 0. The highest BCUT2D eigenvalue weighted by molar-refractivity contribution is 9.10. The molecule has 0 aliphatic carbocycles. The number of aromatic nitrogens is 1. The van der Waals surface area contributed by atoms with Gasteiger partial charge in [0.25, 0.3) is 0 Å². The van der Waals surface area contributed by atoms with Crippen molar-refractivity contribution in [3.8, 4) is 0 Å². The fraction of sp³-hybridized carbons (Fsp3) is 0.333. The summed E-state index contributed by atoms with van der Waals surface area (Å²) in [6, 6.07) is 3.74. The topological polar surface area (TPSA) is 33.2 Å². The van der Waals surface area contributed by atoms with E-state index in [1.807, 2.05) is 12.1 Å². The number of carbonyl (C=O) groups excluding carboxylic acids is 1. The molecule has 1 fully saturated rings. The number of rotatable bonds is 1. The van der Waals surface area contributed by atoms with E-state index in [9.17, 15) is 4.79 Å². The molecule has 0 saturated carbocycles. The van der Waals surface area contributed by atoms with E-state index in [4.69, 9.17) is 0 Å². The predicted molar refractivity (Wildman–Crippen MR) is 53.5 cm³/mol. The molecule has 0 unspecified atom stereocenters. The second kappa shape index (κ2) is 3.46. The first-order chi connectivity index (χ1) is 6.29. The van der Waals surface area contributed by atoms with Gasteiger partial charge in [0.2, 0.25) is 5.91 Å². The normalized spacial score (nSPS) is 16.7. The van der Waals surface area contributed by atoms with Crippen molar-refractivity contribution in [3.05, 3.63) is 22.8 Å². The van der Waals surface area contributed by atoms with Crippen molar-refractivity contribution in [2.75, 3.05) is 11.4 Å². The van der Waals surface area contributed by atoms with Crippen LogP contribution in [0, 0.1) is 0 Å². The third-order valence-corrected chi connectivity index (χ3v) is 2.69. The number of hydrogen-bond donors (Lipinski definition) is 0. The maximum absolute atomic E-state index is 11.4. The number of anilines is 1. The van der Waals surface area contributed by atoms with Crippen LogP contribution in [0.1, 0.15) is 12.8 Å². The molecule has 2 rings (SSSR count). The van der Waals surface area contributed by atoms with Crippen LogP contribution in [0.25, 0.3) is 0 Å². The first-order valence-corrected chi connectivity index (χ1v) is 4.99. The van der Waals surface area contributed by atoms with Crippen LogP contribution in [0.5, 0.6) is 0 Å². The first kappa shape index (κ1) is 8.69. The van der Waals surface area contributed by atoms with Crippen molar-refractivity contribution in [3.63, 3.8) is 0 Å². The van der Waals surface area contributed by atoms with Crippen molar-refractivity contribution in [1.82, 2.24) is 4.98 Å². The van der Waals surface area contributed by atoms with Gasteiger partial charge in [0.1, 0.15) is 5.82 Å². The predicted octanol–water partition coefficient (Wildman–Crippen LogP) is 1.97. The SMILES string of the molecule is O=C1CCCN1c1ncccc1Br. The summed E-state index contributed by atoms with van der Waals surface area (Å²) in [4.78, 5) is 17.3. The molecule has 1 aromatic rings. The van der Waals surface area contributed by atoms with Gasteiger partial charge < -0.3 is 0 Å². The van der Waals surface area contributed by atoms with Gasteiger partial charge in [0, 0.05) is 19.2 Å². The van der Waals surface area contributed by atoms with Crippen molar-refractivity contribution >= 4 is 27.7 Å². The van der Waals surface area contributed by atoms with E-state index in [0.717, 1.165) is 23.3 Å². The lowest BCUT2D eigenvalue weighted by Gasteiger charge is -2.15. The molecule has 68 valence electrons. The maximum atomic E-state index is 11.4. The van der Waals surface area contributed by atoms with Crippen LogP contribution in [0.2, 0.25) is 0 Å². The molecule has 13 heavy (non-hydrogen) atoms. The summed E-state index contributed by atoms with van der Waals surface area (Å²) < 4.78 is 0.880. The van der Waals surface area contributed by atoms with Crippen LogP contribution >= 0.6 is 15.9 Å². The lowest BCUT2D eigenvalue weighted by Crippen LogP contribution is -2.24. The zero-order valence-corrected chi connectivity index (χ0v) is 8.62. The third-order valence-electron chi connectivity index (χ3n) is 2.07. The second-order valence-electron chi connectivity index (χ2n) is 2.96. The maximum Gasteiger partial charge on any atom is 0.228 e. The quantitative estimate of drug-likeness (QED) is 0.753. The zero-order chi connectivity index (χ0) is 9.26. The third kappa shape index (κ3) is 1.58. The minimum atomic E-state index is 0.166. The molecular formula is C9H9BrN2O. The monoisotopic (exact) mass is 240 g/mol. The van der Waals surface area contributed by atoms with Crippen molar-refractivity contribution in [2.45, 2.75) is 12.8 Å². The van der Waals surface area contributed by atoms with E-state index in [1.165, 1.54) is 0 Å². The number of halogens is 1. The molecule has 1 aliphatic heterocycles. The summed E-state index contributed by atoms with van der Waals surface area (Å²) >= 11 is 3.38. The number of carbonyl (C=O) groups is 1. The van der Waals surface area contributed by atoms with Gasteiger partial charge in [0.15, 0.2) is 0 Å². The lowest BCUT2D eigenvalue weighted by molar-refractivity contribution is -0.117. The van der Waals surface area contributed by atoms with Gasteiger partial charge in [-0.3, -0.25) is 9.69 Å². The molecule has 1 saturated heterocycles. The van der Waals surface area contributed by atoms with Crippen LogP contribution in [0.15, 0.2) is 22.8 Å². The average molecular weight is 241 g/mol. The Morgan fingerprint density at radius 2 is 2.38 bits per heavy atom. The highest BCUT2D eigenvalue weighted by Crippen LogP contribution is 2.26. The van der Waals surface area contributed by atoms with Crippen LogP contribution in [0.4, 0.5) is 5.82 Å². The van der Waals surface area contributed by atoms with E-state index >= 15 is 0 Å². The van der Waals surface area contributed by atoms with E-state index < -0.39 is 0 Å². The van der Waals surface area contributed by atoms with Gasteiger partial charge in [-0.25, -0.2) is 4.98 Å². The minimum absolute atomic E-state index is 0.166. The number of nitrogens with zero attached hydrogens (tertiary/aromatic N) is 2. The summed E-state index contributed by atoms with van der Waals surface area (Å²) in [5.41, 5.74) is 0. The number of amides is 1. The summed E-state index contributed by atoms with van der Waals surface area (Å²) in [6.07, 6.45) is 3.27. The van der Waals surface area contributed by atoms with Gasteiger partial charge >= 0.3 is 0 Å². The molecule has 0 bridgehead atoms. The molecule has 0 spiro atoms. The first-order valence-electron chi connectivity index (χ1n) is 4.20.